The molecule has 10 heteroatoms. The van der Waals surface area contributed by atoms with Crippen molar-refractivity contribution in [3.63, 3.8) is 0 Å². The molecular formula is C20H19F3N6O. The number of nitrogens with one attached hydrogen (secondary N) is 1. The summed E-state index contributed by atoms with van der Waals surface area (Å²) in [6.07, 6.45) is -3.51. The molecule has 3 heterocycles. The van der Waals surface area contributed by atoms with Crippen LogP contribution < -0.4 is 16.0 Å². The van der Waals surface area contributed by atoms with Gasteiger partial charge in [-0.25, -0.2) is 9.97 Å². The molecule has 4 rings (SSSR count). The molecule has 1 saturated heterocycles. The number of hydrogen-bond acceptors (Lipinski definition) is 7. The molecule has 7 nitrogen and oxygen atoms in total. The minimum Gasteiger partial charge on any atom is -0.384 e. The summed E-state index contributed by atoms with van der Waals surface area (Å²) in [6.45, 7) is 2.18. The Balaban J connectivity index is 1.82. The van der Waals surface area contributed by atoms with Crippen molar-refractivity contribution in [2.45, 2.75) is 6.18 Å². The molecule has 3 N–H and O–H groups in total. The van der Waals surface area contributed by atoms with Crippen molar-refractivity contribution >= 4 is 23.3 Å². The molecule has 156 valence electrons. The standard InChI is InChI=1S/C20H19F3N6O/c21-20(22,23)15-10-17(24)25-12-14(15)16-11-18(29-6-8-30-9-7-29)28-19(27-16)26-13-4-2-1-3-5-13/h1-5,10-12H,6-9H2,(H2,24,25)(H,26,27,28). The van der Waals surface area contributed by atoms with Crippen molar-refractivity contribution in [2.75, 3.05) is 42.3 Å². The van der Waals surface area contributed by atoms with Crippen molar-refractivity contribution in [3.05, 3.63) is 54.2 Å². The first kappa shape index (κ1) is 19.9. The summed E-state index contributed by atoms with van der Waals surface area (Å²) < 4.78 is 46.3. The first-order chi connectivity index (χ1) is 14.4. The second-order valence-electron chi connectivity index (χ2n) is 6.68. The number of para-hydroxylation sites is 1. The topological polar surface area (TPSA) is 89.2 Å². The molecule has 0 atom stereocenters. The van der Waals surface area contributed by atoms with Crippen LogP contribution in [0, 0.1) is 0 Å². The van der Waals surface area contributed by atoms with Gasteiger partial charge in [-0.05, 0) is 18.2 Å². The highest BCUT2D eigenvalue weighted by Crippen LogP contribution is 2.38. The van der Waals surface area contributed by atoms with Crippen molar-refractivity contribution in [2.24, 2.45) is 0 Å². The highest BCUT2D eigenvalue weighted by atomic mass is 19.4. The Kier molecular flexibility index (Phi) is 5.40. The van der Waals surface area contributed by atoms with Crippen LogP contribution in [0.4, 0.5) is 36.4 Å². The van der Waals surface area contributed by atoms with E-state index < -0.39 is 11.7 Å². The van der Waals surface area contributed by atoms with E-state index in [-0.39, 0.29) is 23.0 Å². The normalized spacial score (nSPS) is 14.6. The number of ether oxygens (including phenoxy) is 1. The maximum atomic E-state index is 13.6. The minimum absolute atomic E-state index is 0.102. The fourth-order valence-electron chi connectivity index (χ4n) is 3.14. The summed E-state index contributed by atoms with van der Waals surface area (Å²) in [5.41, 5.74) is 5.26. The fraction of sp³-hybridized carbons (Fsp3) is 0.250. The number of benzene rings is 1. The van der Waals surface area contributed by atoms with Gasteiger partial charge in [0.15, 0.2) is 0 Å². The quantitative estimate of drug-likeness (QED) is 0.670. The van der Waals surface area contributed by atoms with Gasteiger partial charge in [0, 0.05) is 36.6 Å². The van der Waals surface area contributed by atoms with Crippen LogP contribution in [0.15, 0.2) is 48.7 Å². The van der Waals surface area contributed by atoms with Crippen molar-refractivity contribution in [1.82, 2.24) is 15.0 Å². The molecule has 0 spiro atoms. The zero-order valence-electron chi connectivity index (χ0n) is 15.9. The van der Waals surface area contributed by atoms with Crippen molar-refractivity contribution in [1.29, 1.82) is 0 Å². The van der Waals surface area contributed by atoms with Gasteiger partial charge in [0.1, 0.15) is 11.6 Å². The predicted molar refractivity (Wildman–Crippen MR) is 107 cm³/mol. The number of pyridine rings is 1. The van der Waals surface area contributed by atoms with E-state index in [1.54, 1.807) is 0 Å². The van der Waals surface area contributed by atoms with Crippen molar-refractivity contribution in [3.8, 4) is 11.3 Å². The second kappa shape index (κ2) is 8.15. The minimum atomic E-state index is -4.61. The molecule has 0 amide bonds. The molecule has 2 aromatic heterocycles. The van der Waals surface area contributed by atoms with E-state index in [0.29, 0.717) is 37.8 Å². The van der Waals surface area contributed by atoms with Crippen LogP contribution in [0.25, 0.3) is 11.3 Å². The van der Waals surface area contributed by atoms with E-state index in [4.69, 9.17) is 10.5 Å². The maximum Gasteiger partial charge on any atom is 0.417 e. The van der Waals surface area contributed by atoms with E-state index in [9.17, 15) is 13.2 Å². The Labute approximate surface area is 170 Å². The SMILES string of the molecule is Nc1cc(C(F)(F)F)c(-c2cc(N3CCOCC3)nc(Nc3ccccc3)n2)cn1. The van der Waals surface area contributed by atoms with Gasteiger partial charge in [-0.1, -0.05) is 18.2 Å². The van der Waals surface area contributed by atoms with Crippen LogP contribution in [0.5, 0.6) is 0 Å². The van der Waals surface area contributed by atoms with Crippen LogP contribution in [0.2, 0.25) is 0 Å². The summed E-state index contributed by atoms with van der Waals surface area (Å²) >= 11 is 0. The van der Waals surface area contributed by atoms with Gasteiger partial charge in [-0.2, -0.15) is 18.2 Å². The molecule has 1 fully saturated rings. The van der Waals surface area contributed by atoms with Gasteiger partial charge >= 0.3 is 6.18 Å². The highest BCUT2D eigenvalue weighted by Gasteiger charge is 2.35. The number of nitrogen functional groups attached to an aromatic ring is 1. The summed E-state index contributed by atoms with van der Waals surface area (Å²) in [5, 5.41) is 3.06. The lowest BCUT2D eigenvalue weighted by Crippen LogP contribution is -2.36. The smallest absolute Gasteiger partial charge is 0.384 e. The fourth-order valence-corrected chi connectivity index (χ4v) is 3.14. The van der Waals surface area contributed by atoms with E-state index in [1.807, 2.05) is 35.2 Å². The molecule has 0 aliphatic carbocycles. The zero-order valence-corrected chi connectivity index (χ0v) is 15.9. The molecular weight excluding hydrogens is 397 g/mol. The summed E-state index contributed by atoms with van der Waals surface area (Å²) in [7, 11) is 0. The number of rotatable bonds is 4. The molecule has 0 radical (unpaired) electrons. The molecule has 30 heavy (non-hydrogen) atoms. The number of nitrogens with two attached hydrogens (primary N) is 1. The van der Waals surface area contributed by atoms with Crippen LogP contribution in [-0.4, -0.2) is 41.3 Å². The average Bonchev–Trinajstić information content (AvgIpc) is 2.74. The first-order valence-electron chi connectivity index (χ1n) is 9.27. The van der Waals surface area contributed by atoms with Crippen LogP contribution >= 0.6 is 0 Å². The Morgan fingerprint density at radius 3 is 2.47 bits per heavy atom. The van der Waals surface area contributed by atoms with Crippen LogP contribution in [0.1, 0.15) is 5.56 Å². The molecule has 1 aromatic carbocycles. The largest absolute Gasteiger partial charge is 0.417 e. The van der Waals surface area contributed by atoms with E-state index in [1.165, 1.54) is 6.07 Å². The molecule has 0 saturated carbocycles. The number of morpholine rings is 1. The number of anilines is 4. The molecule has 3 aromatic rings. The monoisotopic (exact) mass is 416 g/mol. The van der Waals surface area contributed by atoms with E-state index in [2.05, 4.69) is 20.3 Å². The number of halogens is 3. The summed E-state index contributed by atoms with van der Waals surface area (Å²) in [5.74, 6) is 0.480. The van der Waals surface area contributed by atoms with Crippen LogP contribution in [-0.2, 0) is 10.9 Å². The lowest BCUT2D eigenvalue weighted by molar-refractivity contribution is -0.137. The Morgan fingerprint density at radius 2 is 1.77 bits per heavy atom. The third-order valence-electron chi connectivity index (χ3n) is 4.58. The average molecular weight is 416 g/mol. The van der Waals surface area contributed by atoms with Gasteiger partial charge in [0.2, 0.25) is 5.95 Å². The third kappa shape index (κ3) is 4.43. The van der Waals surface area contributed by atoms with E-state index >= 15 is 0 Å². The number of aromatic nitrogens is 3. The second-order valence-corrected chi connectivity index (χ2v) is 6.68. The number of hydrogen-bond donors (Lipinski definition) is 2. The lowest BCUT2D eigenvalue weighted by atomic mass is 10.1. The summed E-state index contributed by atoms with van der Waals surface area (Å²) in [6, 6.07) is 11.5. The van der Waals surface area contributed by atoms with E-state index in [0.717, 1.165) is 12.3 Å². The predicted octanol–water partition coefficient (Wildman–Crippen LogP) is 3.72. The molecule has 1 aliphatic rings. The van der Waals surface area contributed by atoms with Gasteiger partial charge in [-0.3, -0.25) is 0 Å². The van der Waals surface area contributed by atoms with Crippen LogP contribution in [0.3, 0.4) is 0 Å². The van der Waals surface area contributed by atoms with Gasteiger partial charge < -0.3 is 20.7 Å². The molecule has 0 bridgehead atoms. The zero-order chi connectivity index (χ0) is 21.1. The molecule has 1 aliphatic heterocycles. The third-order valence-corrected chi connectivity index (χ3v) is 4.58. The number of nitrogens with zero attached hydrogens (tertiary/aromatic N) is 4. The Hall–Kier alpha value is -3.40. The Morgan fingerprint density at radius 1 is 1.03 bits per heavy atom. The lowest BCUT2D eigenvalue weighted by Gasteiger charge is -2.28. The maximum absolute atomic E-state index is 13.6. The highest BCUT2D eigenvalue weighted by molar-refractivity contribution is 5.70. The van der Waals surface area contributed by atoms with Gasteiger partial charge in [-0.15, -0.1) is 0 Å². The Bertz CT molecular complexity index is 1020. The first-order valence-corrected chi connectivity index (χ1v) is 9.27. The van der Waals surface area contributed by atoms with Gasteiger partial charge in [0.25, 0.3) is 0 Å². The van der Waals surface area contributed by atoms with Gasteiger partial charge in [0.05, 0.1) is 24.5 Å². The summed E-state index contributed by atoms with van der Waals surface area (Å²) in [4.78, 5) is 14.6. The molecule has 0 unspecified atom stereocenters. The van der Waals surface area contributed by atoms with Crippen molar-refractivity contribution < 1.29 is 17.9 Å². The number of alkyl halides is 3.